The van der Waals surface area contributed by atoms with Crippen LogP contribution in [-0.4, -0.2) is 31.3 Å². The van der Waals surface area contributed by atoms with Crippen LogP contribution in [0.1, 0.15) is 41.3 Å². The molecule has 2 amide bonds. The first-order valence-electron chi connectivity index (χ1n) is 9.54. The second kappa shape index (κ2) is 11.4. The molecule has 0 spiro atoms. The topological polar surface area (TPSA) is 76.7 Å². The highest BCUT2D eigenvalue weighted by Gasteiger charge is 2.12. The van der Waals surface area contributed by atoms with Crippen molar-refractivity contribution in [3.05, 3.63) is 53.1 Å². The van der Waals surface area contributed by atoms with Gasteiger partial charge in [0.05, 0.1) is 19.5 Å². The smallest absolute Gasteiger partial charge is 0.269 e. The van der Waals surface area contributed by atoms with Crippen LogP contribution < -0.4 is 20.3 Å². The van der Waals surface area contributed by atoms with Gasteiger partial charge in [-0.3, -0.25) is 20.4 Å². The first kappa shape index (κ1) is 22.6. The molecule has 0 aliphatic heterocycles. The molecule has 0 bridgehead atoms. The summed E-state index contributed by atoms with van der Waals surface area (Å²) in [5, 5.41) is 0. The fraction of sp³-hybridized carbons (Fsp3) is 0.364. The molecule has 0 aromatic heterocycles. The van der Waals surface area contributed by atoms with Gasteiger partial charge in [-0.2, -0.15) is 0 Å². The maximum atomic E-state index is 12.3. The lowest BCUT2D eigenvalue weighted by Crippen LogP contribution is -2.42. The number of carbonyl (C=O) groups is 2. The van der Waals surface area contributed by atoms with Crippen LogP contribution in [0.25, 0.3) is 0 Å². The summed E-state index contributed by atoms with van der Waals surface area (Å²) in [6.07, 6.45) is 1.97. The molecule has 0 fully saturated rings. The Morgan fingerprint density at radius 1 is 1.00 bits per heavy atom. The quantitative estimate of drug-likeness (QED) is 0.366. The number of carbonyl (C=O) groups excluding carboxylic acids is 2. The van der Waals surface area contributed by atoms with Crippen LogP contribution in [0.2, 0.25) is 0 Å². The predicted octanol–water partition coefficient (Wildman–Crippen LogP) is 4.04. The number of nitrogens with one attached hydrogen (secondary N) is 2. The number of unbranched alkanes of at least 4 members (excludes halogenated alkanes) is 1. The van der Waals surface area contributed by atoms with Gasteiger partial charge in [-0.25, -0.2) is 0 Å². The van der Waals surface area contributed by atoms with Crippen molar-refractivity contribution in [1.29, 1.82) is 0 Å². The fourth-order valence-electron chi connectivity index (χ4n) is 2.44. The van der Waals surface area contributed by atoms with Gasteiger partial charge in [-0.1, -0.05) is 19.4 Å². The molecule has 0 radical (unpaired) electrons. The minimum Gasteiger partial charge on any atom is -0.493 e. The van der Waals surface area contributed by atoms with Crippen molar-refractivity contribution in [2.45, 2.75) is 38.5 Å². The van der Waals surface area contributed by atoms with E-state index in [1.165, 1.54) is 30.0 Å². The summed E-state index contributed by atoms with van der Waals surface area (Å²) < 4.78 is 11.0. The van der Waals surface area contributed by atoms with Gasteiger partial charge in [0, 0.05) is 10.5 Å². The van der Waals surface area contributed by atoms with E-state index in [1.807, 2.05) is 32.0 Å². The largest absolute Gasteiger partial charge is 0.493 e. The van der Waals surface area contributed by atoms with E-state index in [4.69, 9.17) is 9.47 Å². The molecular formula is C22H28N2O4S. The molecule has 2 N–H and O–H groups in total. The lowest BCUT2D eigenvalue weighted by atomic mass is 10.1. The van der Waals surface area contributed by atoms with Crippen molar-refractivity contribution in [3.63, 3.8) is 0 Å². The zero-order valence-corrected chi connectivity index (χ0v) is 18.2. The molecule has 7 heteroatoms. The Kier molecular flexibility index (Phi) is 8.86. The summed E-state index contributed by atoms with van der Waals surface area (Å²) in [5.74, 6) is 0.564. The summed E-state index contributed by atoms with van der Waals surface area (Å²) in [7, 11) is 1.52. The number of amides is 2. The number of thioether (sulfide) groups is 1. The molecule has 2 rings (SSSR count). The predicted molar refractivity (Wildman–Crippen MR) is 116 cm³/mol. The molecule has 6 nitrogen and oxygen atoms in total. The zero-order chi connectivity index (χ0) is 21.2. The molecule has 156 valence electrons. The third kappa shape index (κ3) is 7.02. The number of hydrogen-bond donors (Lipinski definition) is 2. The fourth-order valence-corrected chi connectivity index (χ4v) is 3.24. The van der Waals surface area contributed by atoms with Gasteiger partial charge in [0.1, 0.15) is 0 Å². The van der Waals surface area contributed by atoms with Gasteiger partial charge >= 0.3 is 0 Å². The van der Waals surface area contributed by atoms with E-state index in [9.17, 15) is 9.59 Å². The molecule has 0 unspecified atom stereocenters. The Balaban J connectivity index is 1.85. The van der Waals surface area contributed by atoms with Crippen LogP contribution >= 0.6 is 11.8 Å². The maximum Gasteiger partial charge on any atom is 0.269 e. The number of benzene rings is 2. The molecule has 0 saturated heterocycles. The summed E-state index contributed by atoms with van der Waals surface area (Å²) in [6.45, 7) is 6.76. The van der Waals surface area contributed by atoms with Crippen LogP contribution in [0.4, 0.5) is 0 Å². The Labute approximate surface area is 176 Å². The summed E-state index contributed by atoms with van der Waals surface area (Å²) in [5.41, 5.74) is 7.63. The van der Waals surface area contributed by atoms with Gasteiger partial charge in [0.15, 0.2) is 11.5 Å². The van der Waals surface area contributed by atoms with Crippen molar-refractivity contribution in [2.24, 2.45) is 0 Å². The highest BCUT2D eigenvalue weighted by atomic mass is 32.2. The monoisotopic (exact) mass is 416 g/mol. The highest BCUT2D eigenvalue weighted by Crippen LogP contribution is 2.28. The minimum absolute atomic E-state index is 0.205. The number of methoxy groups -OCH3 is 1. The normalized spacial score (nSPS) is 10.3. The molecular weight excluding hydrogens is 388 g/mol. The third-order valence-corrected chi connectivity index (χ3v) is 5.34. The van der Waals surface area contributed by atoms with Gasteiger partial charge in [0.25, 0.3) is 5.91 Å². The maximum absolute atomic E-state index is 12.3. The van der Waals surface area contributed by atoms with E-state index in [-0.39, 0.29) is 11.7 Å². The molecule has 0 aliphatic carbocycles. The van der Waals surface area contributed by atoms with E-state index in [2.05, 4.69) is 17.8 Å². The summed E-state index contributed by atoms with van der Waals surface area (Å²) in [6, 6.07) is 11.0. The molecule has 0 atom stereocenters. The molecule has 29 heavy (non-hydrogen) atoms. The van der Waals surface area contributed by atoms with Crippen molar-refractivity contribution in [1.82, 2.24) is 10.9 Å². The number of aryl methyl sites for hydroxylation is 2. The lowest BCUT2D eigenvalue weighted by Gasteiger charge is -2.12. The number of rotatable bonds is 9. The Bertz CT molecular complexity index is 855. The Morgan fingerprint density at radius 3 is 2.48 bits per heavy atom. The lowest BCUT2D eigenvalue weighted by molar-refractivity contribution is -0.119. The van der Waals surface area contributed by atoms with Crippen LogP contribution in [0.15, 0.2) is 41.3 Å². The number of ether oxygens (including phenoxy) is 2. The van der Waals surface area contributed by atoms with E-state index in [0.29, 0.717) is 23.7 Å². The number of hydrazine groups is 1. The van der Waals surface area contributed by atoms with Crippen molar-refractivity contribution in [2.75, 3.05) is 19.5 Å². The second-order valence-corrected chi connectivity index (χ2v) is 7.65. The molecule has 2 aromatic rings. The third-order valence-electron chi connectivity index (χ3n) is 4.35. The average Bonchev–Trinajstić information content (AvgIpc) is 2.73. The molecule has 0 saturated carbocycles. The van der Waals surface area contributed by atoms with Crippen LogP contribution in [0.5, 0.6) is 11.5 Å². The number of hydrogen-bond acceptors (Lipinski definition) is 5. The van der Waals surface area contributed by atoms with Crippen LogP contribution in [-0.2, 0) is 4.79 Å². The summed E-state index contributed by atoms with van der Waals surface area (Å²) >= 11 is 1.42. The second-order valence-electron chi connectivity index (χ2n) is 6.60. The molecule has 0 heterocycles. The Hall–Kier alpha value is -2.67. The van der Waals surface area contributed by atoms with Crippen molar-refractivity contribution < 1.29 is 19.1 Å². The standard InChI is InChI=1S/C22H28N2O4S/c1-5-6-11-28-19-10-8-17(13-20(19)27-4)22(26)24-23-21(25)14-29-18-9-7-15(2)16(3)12-18/h7-10,12-13H,5-6,11,14H2,1-4H3,(H,23,25)(H,24,26). The summed E-state index contributed by atoms with van der Waals surface area (Å²) in [4.78, 5) is 25.4. The molecule has 2 aromatic carbocycles. The Morgan fingerprint density at radius 2 is 1.79 bits per heavy atom. The van der Waals surface area contributed by atoms with Crippen LogP contribution in [0, 0.1) is 13.8 Å². The van der Waals surface area contributed by atoms with Gasteiger partial charge in [-0.05, 0) is 61.7 Å². The van der Waals surface area contributed by atoms with E-state index < -0.39 is 5.91 Å². The average molecular weight is 417 g/mol. The first-order valence-corrected chi connectivity index (χ1v) is 10.5. The van der Waals surface area contributed by atoms with Gasteiger partial charge in [-0.15, -0.1) is 11.8 Å². The molecule has 0 aliphatic rings. The van der Waals surface area contributed by atoms with Gasteiger partial charge < -0.3 is 9.47 Å². The van der Waals surface area contributed by atoms with Crippen molar-refractivity contribution >= 4 is 23.6 Å². The van der Waals surface area contributed by atoms with Gasteiger partial charge in [0.2, 0.25) is 5.91 Å². The first-order chi connectivity index (χ1) is 13.9. The van der Waals surface area contributed by atoms with E-state index in [0.717, 1.165) is 17.7 Å². The van der Waals surface area contributed by atoms with E-state index >= 15 is 0 Å². The van der Waals surface area contributed by atoms with Crippen molar-refractivity contribution in [3.8, 4) is 11.5 Å². The van der Waals surface area contributed by atoms with Crippen LogP contribution in [0.3, 0.4) is 0 Å². The SMILES string of the molecule is CCCCOc1ccc(C(=O)NNC(=O)CSc2ccc(C)c(C)c2)cc1OC. The zero-order valence-electron chi connectivity index (χ0n) is 17.3. The minimum atomic E-state index is -0.423. The highest BCUT2D eigenvalue weighted by molar-refractivity contribution is 8.00. The van der Waals surface area contributed by atoms with E-state index in [1.54, 1.807) is 18.2 Å².